The quantitative estimate of drug-likeness (QED) is 0.930. The molecule has 0 radical (unpaired) electrons. The van der Waals surface area contributed by atoms with Gasteiger partial charge in [0.1, 0.15) is 0 Å². The molecule has 2 aromatic rings. The van der Waals surface area contributed by atoms with E-state index in [0.29, 0.717) is 4.47 Å². The molecule has 0 saturated carbocycles. The van der Waals surface area contributed by atoms with Gasteiger partial charge in [-0.15, -0.1) is 0 Å². The fraction of sp³-hybridized carbons (Fsp3) is 0.154. The van der Waals surface area contributed by atoms with Crippen LogP contribution in [-0.2, 0) is 10.0 Å². The van der Waals surface area contributed by atoms with Gasteiger partial charge in [0.25, 0.3) is 0 Å². The van der Waals surface area contributed by atoms with Gasteiger partial charge in [-0.05, 0) is 52.7 Å². The largest absolute Gasteiger partial charge is 0.265 e. The number of halogens is 1. The molecule has 100 valence electrons. The minimum absolute atomic E-state index is 0.232. The first-order chi connectivity index (χ1) is 9.00. The molecule has 0 amide bonds. The molecule has 0 saturated heterocycles. The molecular weight excluding hydrogens is 328 g/mol. The maximum Gasteiger partial charge on any atom is 0.242 e. The van der Waals surface area contributed by atoms with E-state index in [-0.39, 0.29) is 10.9 Å². The molecule has 1 aromatic carbocycles. The molecule has 0 aliphatic heterocycles. The average Bonchev–Trinajstić information content (AvgIpc) is 2.39. The monoisotopic (exact) mass is 340 g/mol. The fourth-order valence-corrected chi connectivity index (χ4v) is 3.91. The molecule has 0 aliphatic rings. The Morgan fingerprint density at radius 1 is 1.16 bits per heavy atom. The first-order valence-corrected chi connectivity index (χ1v) is 7.95. The molecule has 0 unspecified atom stereocenters. The number of sulfonamides is 1. The van der Waals surface area contributed by atoms with Gasteiger partial charge < -0.3 is 0 Å². The Balaban J connectivity index is 2.26. The molecule has 0 fully saturated rings. The number of aromatic nitrogens is 1. The van der Waals surface area contributed by atoms with Crippen LogP contribution < -0.4 is 4.72 Å². The number of nitrogens with one attached hydrogen (secondary N) is 1. The zero-order valence-electron chi connectivity index (χ0n) is 10.2. The molecule has 1 atom stereocenters. The van der Waals surface area contributed by atoms with Gasteiger partial charge in [-0.1, -0.05) is 12.1 Å². The molecule has 0 aliphatic carbocycles. The van der Waals surface area contributed by atoms with Crippen molar-refractivity contribution < 1.29 is 8.42 Å². The average molecular weight is 341 g/mol. The zero-order chi connectivity index (χ0) is 13.9. The van der Waals surface area contributed by atoms with Crippen molar-refractivity contribution in [3.63, 3.8) is 0 Å². The minimum Gasteiger partial charge on any atom is -0.265 e. The topological polar surface area (TPSA) is 59.1 Å². The maximum atomic E-state index is 12.3. The Labute approximate surface area is 121 Å². The van der Waals surface area contributed by atoms with E-state index >= 15 is 0 Å². The summed E-state index contributed by atoms with van der Waals surface area (Å²) in [4.78, 5) is 4.14. The lowest BCUT2D eigenvalue weighted by Gasteiger charge is -2.15. The predicted octanol–water partition coefficient (Wildman–Crippen LogP) is 2.88. The molecule has 1 aromatic heterocycles. The predicted molar refractivity (Wildman–Crippen MR) is 77.1 cm³/mol. The van der Waals surface area contributed by atoms with E-state index in [1.165, 1.54) is 0 Å². The van der Waals surface area contributed by atoms with E-state index in [2.05, 4.69) is 25.6 Å². The van der Waals surface area contributed by atoms with E-state index in [1.54, 1.807) is 55.7 Å². The van der Waals surface area contributed by atoms with Crippen LogP contribution in [0, 0.1) is 0 Å². The number of hydrogen-bond acceptors (Lipinski definition) is 3. The lowest BCUT2D eigenvalue weighted by atomic mass is 10.1. The van der Waals surface area contributed by atoms with Crippen LogP contribution in [0.25, 0.3) is 0 Å². The van der Waals surface area contributed by atoms with Crippen molar-refractivity contribution in [3.8, 4) is 0 Å². The third kappa shape index (κ3) is 3.40. The molecule has 4 nitrogen and oxygen atoms in total. The summed E-state index contributed by atoms with van der Waals surface area (Å²) in [7, 11) is -3.56. The summed E-state index contributed by atoms with van der Waals surface area (Å²) in [5.41, 5.74) is 0.866. The lowest BCUT2D eigenvalue weighted by molar-refractivity contribution is 0.566. The Kier molecular flexibility index (Phi) is 4.34. The summed E-state index contributed by atoms with van der Waals surface area (Å²) < 4.78 is 27.7. The molecule has 2 rings (SSSR count). The van der Waals surface area contributed by atoms with E-state index in [4.69, 9.17) is 0 Å². The normalized spacial score (nSPS) is 13.2. The van der Waals surface area contributed by atoms with Crippen molar-refractivity contribution in [2.45, 2.75) is 17.9 Å². The first kappa shape index (κ1) is 14.2. The van der Waals surface area contributed by atoms with E-state index in [0.717, 1.165) is 5.56 Å². The highest BCUT2D eigenvalue weighted by Gasteiger charge is 2.20. The molecule has 1 N–H and O–H groups in total. The number of benzene rings is 1. The summed E-state index contributed by atoms with van der Waals surface area (Å²) in [5.74, 6) is 0. The van der Waals surface area contributed by atoms with Crippen molar-refractivity contribution in [1.29, 1.82) is 0 Å². The Morgan fingerprint density at radius 2 is 1.79 bits per heavy atom. The Hall–Kier alpha value is -1.24. The Bertz CT molecular complexity index is 659. The molecule has 19 heavy (non-hydrogen) atoms. The van der Waals surface area contributed by atoms with Crippen LogP contribution in [0.2, 0.25) is 0 Å². The number of pyridine rings is 1. The highest BCUT2D eigenvalue weighted by Crippen LogP contribution is 2.23. The summed E-state index contributed by atoms with van der Waals surface area (Å²) in [5, 5.41) is 0. The molecule has 0 bridgehead atoms. The van der Waals surface area contributed by atoms with Crippen LogP contribution in [0.4, 0.5) is 0 Å². The van der Waals surface area contributed by atoms with Crippen LogP contribution in [0.3, 0.4) is 0 Å². The van der Waals surface area contributed by atoms with Gasteiger partial charge in [0.15, 0.2) is 0 Å². The second-order valence-corrected chi connectivity index (χ2v) is 6.59. The van der Waals surface area contributed by atoms with E-state index in [9.17, 15) is 8.42 Å². The van der Waals surface area contributed by atoms with Gasteiger partial charge in [-0.3, -0.25) is 4.98 Å². The second kappa shape index (κ2) is 5.81. The summed E-state index contributed by atoms with van der Waals surface area (Å²) in [6, 6.07) is 9.98. The standard InChI is InChI=1S/C13H13BrN2O2S/c1-10(11-6-8-15-9-7-11)16-19(17,18)13-5-3-2-4-12(13)14/h2-10,16H,1H3/t10-/m1/s1. The second-order valence-electron chi connectivity index (χ2n) is 4.05. The lowest BCUT2D eigenvalue weighted by Crippen LogP contribution is -2.27. The van der Waals surface area contributed by atoms with Crippen LogP contribution in [0.15, 0.2) is 58.2 Å². The first-order valence-electron chi connectivity index (χ1n) is 5.67. The van der Waals surface area contributed by atoms with E-state index in [1.807, 2.05) is 0 Å². The SMILES string of the molecule is C[C@@H](NS(=O)(=O)c1ccccc1Br)c1ccncc1. The van der Waals surface area contributed by atoms with Crippen molar-refractivity contribution in [2.75, 3.05) is 0 Å². The third-order valence-corrected chi connectivity index (χ3v) is 5.22. The maximum absolute atomic E-state index is 12.3. The molecule has 0 spiro atoms. The summed E-state index contributed by atoms with van der Waals surface area (Å²) in [6.07, 6.45) is 3.27. The van der Waals surface area contributed by atoms with Crippen molar-refractivity contribution in [2.24, 2.45) is 0 Å². The van der Waals surface area contributed by atoms with Gasteiger partial charge in [0.2, 0.25) is 10.0 Å². The smallest absolute Gasteiger partial charge is 0.242 e. The van der Waals surface area contributed by atoms with Crippen LogP contribution in [0.5, 0.6) is 0 Å². The number of hydrogen-bond donors (Lipinski definition) is 1. The molecular formula is C13H13BrN2O2S. The van der Waals surface area contributed by atoms with Gasteiger partial charge in [0, 0.05) is 22.9 Å². The third-order valence-electron chi connectivity index (χ3n) is 2.66. The number of nitrogens with zero attached hydrogens (tertiary/aromatic N) is 1. The van der Waals surface area contributed by atoms with Gasteiger partial charge in [-0.25, -0.2) is 13.1 Å². The Morgan fingerprint density at radius 3 is 2.42 bits per heavy atom. The van der Waals surface area contributed by atoms with Crippen LogP contribution in [-0.4, -0.2) is 13.4 Å². The van der Waals surface area contributed by atoms with Crippen LogP contribution in [0.1, 0.15) is 18.5 Å². The fourth-order valence-electron chi connectivity index (χ4n) is 1.68. The van der Waals surface area contributed by atoms with Crippen molar-refractivity contribution in [3.05, 3.63) is 58.8 Å². The summed E-state index contributed by atoms with van der Waals surface area (Å²) in [6.45, 7) is 1.80. The summed E-state index contributed by atoms with van der Waals surface area (Å²) >= 11 is 3.25. The van der Waals surface area contributed by atoms with Crippen LogP contribution >= 0.6 is 15.9 Å². The number of rotatable bonds is 4. The molecule has 1 heterocycles. The van der Waals surface area contributed by atoms with Gasteiger partial charge in [-0.2, -0.15) is 0 Å². The molecule has 6 heteroatoms. The zero-order valence-corrected chi connectivity index (χ0v) is 12.6. The highest BCUT2D eigenvalue weighted by atomic mass is 79.9. The highest BCUT2D eigenvalue weighted by molar-refractivity contribution is 9.10. The van der Waals surface area contributed by atoms with Crippen molar-refractivity contribution in [1.82, 2.24) is 9.71 Å². The van der Waals surface area contributed by atoms with E-state index < -0.39 is 10.0 Å². The van der Waals surface area contributed by atoms with Gasteiger partial charge >= 0.3 is 0 Å². The minimum atomic E-state index is -3.56. The van der Waals surface area contributed by atoms with Crippen molar-refractivity contribution >= 4 is 26.0 Å². The van der Waals surface area contributed by atoms with Gasteiger partial charge in [0.05, 0.1) is 4.90 Å².